The van der Waals surface area contributed by atoms with Crippen LogP contribution in [0.2, 0.25) is 0 Å². The maximum absolute atomic E-state index is 12.7. The van der Waals surface area contributed by atoms with Crippen molar-refractivity contribution < 1.29 is 4.79 Å². The molecule has 0 radical (unpaired) electrons. The number of fused-ring (bicyclic) bond motifs is 1. The summed E-state index contributed by atoms with van der Waals surface area (Å²) in [5.41, 5.74) is 3.20. The maximum Gasteiger partial charge on any atom is 0.277 e. The Balaban J connectivity index is 2.03. The predicted octanol–water partition coefficient (Wildman–Crippen LogP) is 4.72. The van der Waals surface area contributed by atoms with Crippen molar-refractivity contribution in [1.82, 2.24) is 0 Å². The smallest absolute Gasteiger partial charge is 0.277 e. The van der Waals surface area contributed by atoms with Crippen LogP contribution in [0.25, 0.3) is 0 Å². The van der Waals surface area contributed by atoms with E-state index in [1.807, 2.05) is 53.4 Å². The molecule has 0 saturated heterocycles. The number of para-hydroxylation sites is 1. The highest BCUT2D eigenvalue weighted by atomic mass is 79.9. The van der Waals surface area contributed by atoms with Gasteiger partial charge in [-0.2, -0.15) is 0 Å². The molecule has 1 aliphatic rings. The van der Waals surface area contributed by atoms with Crippen LogP contribution in [0.15, 0.2) is 58.0 Å². The number of amides is 1. The summed E-state index contributed by atoms with van der Waals surface area (Å²) in [6, 6.07) is 15.6. The summed E-state index contributed by atoms with van der Waals surface area (Å²) in [5, 5.41) is 0. The number of halogens is 1. The molecule has 1 aliphatic heterocycles. The average Bonchev–Trinajstić information content (AvgIpc) is 2.78. The number of benzene rings is 2. The molecular formula is C18H17BrN2O. The number of hydrogen-bond acceptors (Lipinski definition) is 2. The van der Waals surface area contributed by atoms with E-state index in [0.717, 1.165) is 40.8 Å². The summed E-state index contributed by atoms with van der Waals surface area (Å²) >= 11 is 3.44. The van der Waals surface area contributed by atoms with Crippen molar-refractivity contribution in [3.8, 4) is 0 Å². The number of rotatable bonds is 4. The average molecular weight is 357 g/mol. The van der Waals surface area contributed by atoms with Crippen LogP contribution in [0.5, 0.6) is 0 Å². The van der Waals surface area contributed by atoms with E-state index in [0.29, 0.717) is 5.71 Å². The molecule has 0 bridgehead atoms. The Labute approximate surface area is 138 Å². The fraction of sp³-hybridized carbons (Fsp3) is 0.222. The Morgan fingerprint density at radius 2 is 1.95 bits per heavy atom. The van der Waals surface area contributed by atoms with E-state index in [2.05, 4.69) is 27.8 Å². The Kier molecular flexibility index (Phi) is 4.39. The zero-order valence-electron chi connectivity index (χ0n) is 12.4. The van der Waals surface area contributed by atoms with E-state index < -0.39 is 0 Å². The second-order valence-corrected chi connectivity index (χ2v) is 6.18. The SMILES string of the molecule is CCCCN1C(=O)C(=Nc2cccc(Br)c2)c2ccccc21. The summed E-state index contributed by atoms with van der Waals surface area (Å²) < 4.78 is 0.955. The van der Waals surface area contributed by atoms with Crippen molar-refractivity contribution in [2.24, 2.45) is 4.99 Å². The third-order valence-electron chi connectivity index (χ3n) is 3.68. The minimum absolute atomic E-state index is 0.00498. The third-order valence-corrected chi connectivity index (χ3v) is 4.18. The first-order valence-corrected chi connectivity index (χ1v) is 8.25. The third kappa shape index (κ3) is 2.83. The number of anilines is 1. The minimum Gasteiger partial charge on any atom is -0.306 e. The first kappa shape index (κ1) is 15.0. The second kappa shape index (κ2) is 6.44. The Morgan fingerprint density at radius 3 is 2.73 bits per heavy atom. The molecule has 3 rings (SSSR count). The summed E-state index contributed by atoms with van der Waals surface area (Å²) in [4.78, 5) is 19.2. The number of unbranched alkanes of at least 4 members (excludes halogenated alkanes) is 1. The molecule has 3 nitrogen and oxygen atoms in total. The normalized spacial score (nSPS) is 15.5. The zero-order valence-corrected chi connectivity index (χ0v) is 14.0. The van der Waals surface area contributed by atoms with Crippen LogP contribution in [0, 0.1) is 0 Å². The number of nitrogens with zero attached hydrogens (tertiary/aromatic N) is 2. The number of aliphatic imine (C=N–C) groups is 1. The quantitative estimate of drug-likeness (QED) is 0.780. The predicted molar refractivity (Wildman–Crippen MR) is 94.0 cm³/mol. The van der Waals surface area contributed by atoms with E-state index in [9.17, 15) is 4.79 Å². The molecule has 1 heterocycles. The molecule has 2 aromatic rings. The lowest BCUT2D eigenvalue weighted by atomic mass is 10.1. The van der Waals surface area contributed by atoms with Gasteiger partial charge in [-0.05, 0) is 30.7 Å². The minimum atomic E-state index is -0.00498. The second-order valence-electron chi connectivity index (χ2n) is 5.27. The molecule has 0 spiro atoms. The topological polar surface area (TPSA) is 32.7 Å². The Bertz CT molecular complexity index is 739. The lowest BCUT2D eigenvalue weighted by Gasteiger charge is -2.15. The largest absolute Gasteiger partial charge is 0.306 e. The van der Waals surface area contributed by atoms with Crippen LogP contribution in [-0.2, 0) is 4.79 Å². The first-order chi connectivity index (χ1) is 10.7. The van der Waals surface area contributed by atoms with E-state index in [4.69, 9.17) is 0 Å². The van der Waals surface area contributed by atoms with Crippen LogP contribution in [0.4, 0.5) is 11.4 Å². The van der Waals surface area contributed by atoms with Crippen molar-refractivity contribution >= 4 is 38.9 Å². The molecular weight excluding hydrogens is 340 g/mol. The van der Waals surface area contributed by atoms with Gasteiger partial charge >= 0.3 is 0 Å². The molecule has 0 atom stereocenters. The van der Waals surface area contributed by atoms with E-state index in [1.165, 1.54) is 0 Å². The maximum atomic E-state index is 12.7. The highest BCUT2D eigenvalue weighted by Crippen LogP contribution is 2.31. The van der Waals surface area contributed by atoms with Crippen molar-refractivity contribution in [2.45, 2.75) is 19.8 Å². The molecule has 0 aromatic heterocycles. The van der Waals surface area contributed by atoms with Gasteiger partial charge < -0.3 is 4.90 Å². The van der Waals surface area contributed by atoms with Crippen LogP contribution >= 0.6 is 15.9 Å². The number of hydrogen-bond donors (Lipinski definition) is 0. The number of carbonyl (C=O) groups is 1. The van der Waals surface area contributed by atoms with Gasteiger partial charge in [0.25, 0.3) is 5.91 Å². The molecule has 0 N–H and O–H groups in total. The zero-order chi connectivity index (χ0) is 15.5. The van der Waals surface area contributed by atoms with E-state index >= 15 is 0 Å². The van der Waals surface area contributed by atoms with E-state index in [1.54, 1.807) is 0 Å². The fourth-order valence-corrected chi connectivity index (χ4v) is 2.97. The number of carbonyl (C=O) groups excluding carboxylic acids is 1. The highest BCUT2D eigenvalue weighted by molar-refractivity contribution is 9.10. The summed E-state index contributed by atoms with van der Waals surface area (Å²) in [6.07, 6.45) is 2.05. The Morgan fingerprint density at radius 1 is 1.14 bits per heavy atom. The molecule has 0 fully saturated rings. The highest BCUT2D eigenvalue weighted by Gasteiger charge is 2.33. The van der Waals surface area contributed by atoms with E-state index in [-0.39, 0.29) is 5.91 Å². The van der Waals surface area contributed by atoms with Gasteiger partial charge in [0.1, 0.15) is 5.71 Å². The van der Waals surface area contributed by atoms with Crippen LogP contribution < -0.4 is 4.90 Å². The van der Waals surface area contributed by atoms with Crippen LogP contribution in [-0.4, -0.2) is 18.2 Å². The van der Waals surface area contributed by atoms with Gasteiger partial charge in [0.05, 0.1) is 11.4 Å². The first-order valence-electron chi connectivity index (χ1n) is 7.46. The van der Waals surface area contributed by atoms with Gasteiger partial charge in [0, 0.05) is 16.6 Å². The van der Waals surface area contributed by atoms with Gasteiger partial charge in [-0.1, -0.05) is 53.5 Å². The van der Waals surface area contributed by atoms with Gasteiger partial charge in [-0.15, -0.1) is 0 Å². The summed E-state index contributed by atoms with van der Waals surface area (Å²) in [7, 11) is 0. The summed E-state index contributed by atoms with van der Waals surface area (Å²) in [6.45, 7) is 2.87. The molecule has 1 amide bonds. The molecule has 2 aromatic carbocycles. The van der Waals surface area contributed by atoms with Crippen molar-refractivity contribution in [3.63, 3.8) is 0 Å². The van der Waals surface area contributed by atoms with Gasteiger partial charge in [0.15, 0.2) is 0 Å². The van der Waals surface area contributed by atoms with Gasteiger partial charge in [-0.3, -0.25) is 4.79 Å². The summed E-state index contributed by atoms with van der Waals surface area (Å²) in [5.74, 6) is -0.00498. The lowest BCUT2D eigenvalue weighted by Crippen LogP contribution is -2.30. The molecule has 4 heteroatoms. The fourth-order valence-electron chi connectivity index (χ4n) is 2.58. The molecule has 0 unspecified atom stereocenters. The Hall–Kier alpha value is -1.94. The lowest BCUT2D eigenvalue weighted by molar-refractivity contribution is -0.112. The monoisotopic (exact) mass is 356 g/mol. The van der Waals surface area contributed by atoms with Crippen molar-refractivity contribution in [1.29, 1.82) is 0 Å². The van der Waals surface area contributed by atoms with Crippen molar-refractivity contribution in [2.75, 3.05) is 11.4 Å². The van der Waals surface area contributed by atoms with Crippen molar-refractivity contribution in [3.05, 3.63) is 58.6 Å². The standard InChI is InChI=1S/C18H17BrN2O/c1-2-3-11-21-16-10-5-4-9-15(16)17(18(21)22)20-14-8-6-7-13(19)12-14/h4-10,12H,2-3,11H2,1H3. The molecule has 22 heavy (non-hydrogen) atoms. The van der Waals surface area contributed by atoms with Gasteiger partial charge in [0.2, 0.25) is 0 Å². The van der Waals surface area contributed by atoms with Crippen LogP contribution in [0.1, 0.15) is 25.3 Å². The molecule has 0 aliphatic carbocycles. The van der Waals surface area contributed by atoms with Gasteiger partial charge in [-0.25, -0.2) is 4.99 Å². The molecule has 0 saturated carbocycles. The molecule has 112 valence electrons. The van der Waals surface area contributed by atoms with Crippen LogP contribution in [0.3, 0.4) is 0 Å².